The first-order chi connectivity index (χ1) is 9.79. The van der Waals surface area contributed by atoms with E-state index in [-0.39, 0.29) is 0 Å². The van der Waals surface area contributed by atoms with Gasteiger partial charge in [0.25, 0.3) is 0 Å². The summed E-state index contributed by atoms with van der Waals surface area (Å²) in [6.45, 7) is 3.10. The Hall–Kier alpha value is -1.77. The van der Waals surface area contributed by atoms with Gasteiger partial charge in [-0.15, -0.1) is 0 Å². The van der Waals surface area contributed by atoms with Gasteiger partial charge in [-0.05, 0) is 24.8 Å². The summed E-state index contributed by atoms with van der Waals surface area (Å²) in [5.74, 6) is 0.942. The first-order valence-electron chi connectivity index (χ1n) is 7.62. The fourth-order valence-electron chi connectivity index (χ4n) is 2.87. The number of nitrogens with one attached hydrogen (secondary N) is 1. The molecular weight excluding hydrogens is 246 g/mol. The Labute approximate surface area is 121 Å². The van der Waals surface area contributed by atoms with Gasteiger partial charge in [0.15, 0.2) is 0 Å². The van der Waals surface area contributed by atoms with Gasteiger partial charge in [-0.1, -0.05) is 49.6 Å². The number of hydrogen-bond donors (Lipinski definition) is 1. The molecule has 106 valence electrons. The molecule has 3 nitrogen and oxygen atoms in total. The lowest BCUT2D eigenvalue weighted by molar-refractivity contribution is 0.286. The van der Waals surface area contributed by atoms with Crippen LogP contribution < -0.4 is 5.32 Å². The average molecular weight is 269 g/mol. The summed E-state index contributed by atoms with van der Waals surface area (Å²) in [5.41, 5.74) is 2.41. The number of aromatic nitrogens is 2. The second-order valence-electron chi connectivity index (χ2n) is 5.99. The van der Waals surface area contributed by atoms with Crippen LogP contribution in [-0.4, -0.2) is 15.8 Å². The summed E-state index contributed by atoms with van der Waals surface area (Å²) in [7, 11) is 0. The zero-order valence-electron chi connectivity index (χ0n) is 12.1. The van der Waals surface area contributed by atoms with Crippen LogP contribution in [0.15, 0.2) is 42.7 Å². The van der Waals surface area contributed by atoms with Crippen LogP contribution in [0.4, 0.5) is 5.69 Å². The predicted octanol–water partition coefficient (Wildman–Crippen LogP) is 3.92. The minimum atomic E-state index is 0.537. The van der Waals surface area contributed by atoms with Crippen LogP contribution in [-0.2, 0) is 6.54 Å². The van der Waals surface area contributed by atoms with Crippen LogP contribution >= 0.6 is 0 Å². The van der Waals surface area contributed by atoms with E-state index in [1.807, 2.05) is 16.9 Å². The second-order valence-corrected chi connectivity index (χ2v) is 5.99. The molecule has 1 aromatic carbocycles. The maximum absolute atomic E-state index is 4.43. The Morgan fingerprint density at radius 2 is 2.10 bits per heavy atom. The number of rotatable bonds is 6. The molecular formula is C17H23N3. The van der Waals surface area contributed by atoms with Crippen molar-refractivity contribution in [1.29, 1.82) is 0 Å². The van der Waals surface area contributed by atoms with Gasteiger partial charge in [0.2, 0.25) is 0 Å². The Bertz CT molecular complexity index is 528. The topological polar surface area (TPSA) is 29.9 Å². The van der Waals surface area contributed by atoms with E-state index in [9.17, 15) is 0 Å². The third-order valence-corrected chi connectivity index (χ3v) is 4.15. The molecule has 3 rings (SSSR count). The molecule has 20 heavy (non-hydrogen) atoms. The smallest absolute Gasteiger partial charge is 0.0728 e. The van der Waals surface area contributed by atoms with E-state index in [1.165, 1.54) is 31.2 Å². The largest absolute Gasteiger partial charge is 0.380 e. The van der Waals surface area contributed by atoms with Gasteiger partial charge >= 0.3 is 0 Å². The summed E-state index contributed by atoms with van der Waals surface area (Å²) in [6, 6.07) is 11.0. The van der Waals surface area contributed by atoms with Crippen LogP contribution in [0.1, 0.15) is 38.2 Å². The quantitative estimate of drug-likeness (QED) is 0.861. The van der Waals surface area contributed by atoms with Crippen molar-refractivity contribution >= 4 is 5.69 Å². The summed E-state index contributed by atoms with van der Waals surface area (Å²) in [5, 5.41) is 8.00. The highest BCUT2D eigenvalue weighted by Gasteiger charge is 2.19. The highest BCUT2D eigenvalue weighted by Crippen LogP contribution is 2.31. The van der Waals surface area contributed by atoms with Crippen molar-refractivity contribution in [3.8, 4) is 0 Å². The van der Waals surface area contributed by atoms with Gasteiger partial charge in [0.05, 0.1) is 18.4 Å². The SMILES string of the molecule is CC(CC1CCC1)Nc1cnn(Cc2ccccc2)c1. The van der Waals surface area contributed by atoms with Crippen molar-refractivity contribution in [3.63, 3.8) is 0 Å². The van der Waals surface area contributed by atoms with Gasteiger partial charge in [-0.3, -0.25) is 4.68 Å². The molecule has 1 aliphatic rings. The normalized spacial score (nSPS) is 16.6. The molecule has 1 N–H and O–H groups in total. The van der Waals surface area contributed by atoms with Gasteiger partial charge in [0, 0.05) is 12.2 Å². The minimum absolute atomic E-state index is 0.537. The lowest BCUT2D eigenvalue weighted by Gasteiger charge is -2.28. The third-order valence-electron chi connectivity index (χ3n) is 4.15. The van der Waals surface area contributed by atoms with Gasteiger partial charge in [-0.25, -0.2) is 0 Å². The molecule has 1 aromatic heterocycles. The number of hydrogen-bond acceptors (Lipinski definition) is 2. The molecule has 0 saturated heterocycles. The Balaban J connectivity index is 1.53. The Kier molecular flexibility index (Phi) is 4.05. The van der Waals surface area contributed by atoms with Crippen LogP contribution in [0, 0.1) is 5.92 Å². The first-order valence-corrected chi connectivity index (χ1v) is 7.62. The molecule has 1 fully saturated rings. The van der Waals surface area contributed by atoms with E-state index in [2.05, 4.69) is 47.8 Å². The lowest BCUT2D eigenvalue weighted by Crippen LogP contribution is -2.23. The molecule has 0 aliphatic heterocycles. The minimum Gasteiger partial charge on any atom is -0.380 e. The molecule has 1 unspecified atom stereocenters. The zero-order chi connectivity index (χ0) is 13.8. The highest BCUT2D eigenvalue weighted by atomic mass is 15.3. The van der Waals surface area contributed by atoms with Crippen molar-refractivity contribution in [2.24, 2.45) is 5.92 Å². The van der Waals surface area contributed by atoms with E-state index in [0.29, 0.717) is 6.04 Å². The van der Waals surface area contributed by atoms with Crippen molar-refractivity contribution < 1.29 is 0 Å². The Morgan fingerprint density at radius 3 is 2.80 bits per heavy atom. The molecule has 1 saturated carbocycles. The van der Waals surface area contributed by atoms with Gasteiger partial charge < -0.3 is 5.32 Å². The maximum atomic E-state index is 4.43. The third kappa shape index (κ3) is 3.41. The van der Waals surface area contributed by atoms with E-state index >= 15 is 0 Å². The summed E-state index contributed by atoms with van der Waals surface area (Å²) in [6.07, 6.45) is 9.57. The van der Waals surface area contributed by atoms with Gasteiger partial charge in [-0.2, -0.15) is 5.10 Å². The fourth-order valence-corrected chi connectivity index (χ4v) is 2.87. The maximum Gasteiger partial charge on any atom is 0.0728 e. The Morgan fingerprint density at radius 1 is 1.30 bits per heavy atom. The van der Waals surface area contributed by atoms with Crippen molar-refractivity contribution in [3.05, 3.63) is 48.3 Å². The molecule has 1 aliphatic carbocycles. The predicted molar refractivity (Wildman–Crippen MR) is 82.8 cm³/mol. The molecule has 3 heteroatoms. The van der Waals surface area contributed by atoms with E-state index < -0.39 is 0 Å². The van der Waals surface area contributed by atoms with Crippen LogP contribution in [0.2, 0.25) is 0 Å². The average Bonchev–Trinajstić information content (AvgIpc) is 2.82. The molecule has 1 heterocycles. The molecule has 0 bridgehead atoms. The van der Waals surface area contributed by atoms with Crippen LogP contribution in [0.3, 0.4) is 0 Å². The summed E-state index contributed by atoms with van der Waals surface area (Å²) >= 11 is 0. The molecule has 1 atom stereocenters. The molecule has 0 spiro atoms. The molecule has 2 aromatic rings. The van der Waals surface area contributed by atoms with E-state index in [4.69, 9.17) is 0 Å². The standard InChI is InChI=1S/C17H23N3/c1-14(10-15-8-5-9-15)19-17-11-18-20(13-17)12-16-6-3-2-4-7-16/h2-4,6-7,11,13-15,19H,5,8-10,12H2,1H3. The van der Waals surface area contributed by atoms with Crippen molar-refractivity contribution in [2.75, 3.05) is 5.32 Å². The zero-order valence-corrected chi connectivity index (χ0v) is 12.1. The van der Waals surface area contributed by atoms with Crippen molar-refractivity contribution in [1.82, 2.24) is 9.78 Å². The number of anilines is 1. The lowest BCUT2D eigenvalue weighted by atomic mass is 9.81. The summed E-state index contributed by atoms with van der Waals surface area (Å²) < 4.78 is 1.99. The van der Waals surface area contributed by atoms with E-state index in [1.54, 1.807) is 0 Å². The molecule has 0 amide bonds. The van der Waals surface area contributed by atoms with Crippen LogP contribution in [0.5, 0.6) is 0 Å². The highest BCUT2D eigenvalue weighted by molar-refractivity contribution is 5.39. The summed E-state index contributed by atoms with van der Waals surface area (Å²) in [4.78, 5) is 0. The van der Waals surface area contributed by atoms with Gasteiger partial charge in [0.1, 0.15) is 0 Å². The first kappa shape index (κ1) is 13.2. The second kappa shape index (κ2) is 6.12. The van der Waals surface area contributed by atoms with Crippen molar-refractivity contribution in [2.45, 2.75) is 45.2 Å². The van der Waals surface area contributed by atoms with Crippen LogP contribution in [0.25, 0.3) is 0 Å². The number of benzene rings is 1. The number of nitrogens with zero attached hydrogens (tertiary/aromatic N) is 2. The monoisotopic (exact) mass is 269 g/mol. The molecule has 0 radical (unpaired) electrons. The van der Waals surface area contributed by atoms with E-state index in [0.717, 1.165) is 18.2 Å². The fraction of sp³-hybridized carbons (Fsp3) is 0.471.